The van der Waals surface area contributed by atoms with Gasteiger partial charge >= 0.3 is 0 Å². The largest absolute Gasteiger partial charge is 0.339 e. The molecule has 0 amide bonds. The molecule has 2 aromatic carbocycles. The van der Waals surface area contributed by atoms with Crippen LogP contribution in [-0.4, -0.2) is 18.6 Å². The van der Waals surface area contributed by atoms with E-state index in [2.05, 4.69) is 20.2 Å². The van der Waals surface area contributed by atoms with Crippen LogP contribution in [0.25, 0.3) is 0 Å². The number of halogens is 2. The van der Waals surface area contributed by atoms with Crippen molar-refractivity contribution in [3.8, 4) is 0 Å². The zero-order valence-electron chi connectivity index (χ0n) is 12.6. The van der Waals surface area contributed by atoms with E-state index in [-0.39, 0.29) is 15.7 Å². The van der Waals surface area contributed by atoms with Gasteiger partial charge in [0.2, 0.25) is 0 Å². The Morgan fingerprint density at radius 2 is 1.60 bits per heavy atom. The fourth-order valence-corrected chi connectivity index (χ4v) is 3.17. The molecule has 0 atom stereocenters. The third-order valence-electron chi connectivity index (χ3n) is 3.15. The van der Waals surface area contributed by atoms with Crippen LogP contribution in [0.1, 0.15) is 0 Å². The van der Waals surface area contributed by atoms with Crippen LogP contribution in [0.5, 0.6) is 0 Å². The van der Waals surface area contributed by atoms with Crippen molar-refractivity contribution < 1.29 is 12.8 Å². The minimum atomic E-state index is -3.73. The Kier molecular flexibility index (Phi) is 4.82. The predicted molar refractivity (Wildman–Crippen MR) is 94.0 cm³/mol. The number of rotatable bonds is 5. The highest BCUT2D eigenvalue weighted by Crippen LogP contribution is 2.22. The number of hydrogen-bond acceptors (Lipinski definition) is 5. The van der Waals surface area contributed by atoms with Gasteiger partial charge in [0.05, 0.1) is 9.92 Å². The number of nitrogens with zero attached hydrogens (tertiary/aromatic N) is 2. The first-order valence-corrected chi connectivity index (χ1v) is 8.94. The third-order valence-corrected chi connectivity index (χ3v) is 4.81. The van der Waals surface area contributed by atoms with Crippen molar-refractivity contribution in [2.24, 2.45) is 0 Å². The molecule has 3 rings (SSSR count). The Labute approximate surface area is 148 Å². The van der Waals surface area contributed by atoms with Crippen LogP contribution >= 0.6 is 11.6 Å². The molecule has 0 spiro atoms. The summed E-state index contributed by atoms with van der Waals surface area (Å²) < 4.78 is 39.9. The summed E-state index contributed by atoms with van der Waals surface area (Å²) in [7, 11) is -3.73. The van der Waals surface area contributed by atoms with E-state index in [1.165, 1.54) is 42.5 Å². The summed E-state index contributed by atoms with van der Waals surface area (Å²) in [6.45, 7) is 0. The molecule has 6 nitrogen and oxygen atoms in total. The fourth-order valence-electron chi connectivity index (χ4n) is 1.97. The lowest BCUT2D eigenvalue weighted by molar-refractivity contribution is 0.601. The fraction of sp³-hybridized carbons (Fsp3) is 0. The van der Waals surface area contributed by atoms with Crippen LogP contribution in [0.3, 0.4) is 0 Å². The van der Waals surface area contributed by atoms with E-state index in [1.54, 1.807) is 18.2 Å². The molecule has 0 fully saturated rings. The second-order valence-corrected chi connectivity index (χ2v) is 7.07. The summed E-state index contributed by atoms with van der Waals surface area (Å²) in [4.78, 5) is 0.125. The maximum atomic E-state index is 13.1. The molecule has 0 aliphatic rings. The maximum absolute atomic E-state index is 13.1. The summed E-state index contributed by atoms with van der Waals surface area (Å²) in [5.74, 6) is -0.0964. The zero-order chi connectivity index (χ0) is 17.9. The normalized spacial score (nSPS) is 11.1. The molecule has 25 heavy (non-hydrogen) atoms. The Hall–Kier alpha value is -2.71. The standard InChI is InChI=1S/C16H12ClFN4O2S/c17-13-10-11(6-7-14(13)18)19-15-8-9-16(21-20-15)22-25(23,24)12-4-2-1-3-5-12/h1-10H,(H,19,20)(H,21,22). The van der Waals surface area contributed by atoms with Crippen molar-refractivity contribution in [3.63, 3.8) is 0 Å². The summed E-state index contributed by atoms with van der Waals surface area (Å²) in [6.07, 6.45) is 0. The highest BCUT2D eigenvalue weighted by Gasteiger charge is 2.14. The second kappa shape index (κ2) is 7.04. The molecular formula is C16H12ClFN4O2S. The van der Waals surface area contributed by atoms with Gasteiger partial charge in [-0.05, 0) is 42.5 Å². The van der Waals surface area contributed by atoms with Crippen molar-refractivity contribution >= 4 is 38.9 Å². The van der Waals surface area contributed by atoms with Crippen LogP contribution in [0.15, 0.2) is 65.6 Å². The number of benzene rings is 2. The molecule has 1 heterocycles. The van der Waals surface area contributed by atoms with Gasteiger partial charge in [0.15, 0.2) is 11.6 Å². The molecule has 2 N–H and O–H groups in total. The van der Waals surface area contributed by atoms with E-state index in [9.17, 15) is 12.8 Å². The number of nitrogens with one attached hydrogen (secondary N) is 2. The van der Waals surface area contributed by atoms with Crippen LogP contribution in [-0.2, 0) is 10.0 Å². The van der Waals surface area contributed by atoms with Gasteiger partial charge in [0.25, 0.3) is 10.0 Å². The minimum absolute atomic E-state index is 0.0230. The van der Waals surface area contributed by atoms with Gasteiger partial charge in [0.1, 0.15) is 5.82 Å². The zero-order valence-corrected chi connectivity index (χ0v) is 14.2. The number of aromatic nitrogens is 2. The van der Waals surface area contributed by atoms with Crippen LogP contribution in [0.2, 0.25) is 5.02 Å². The first kappa shape index (κ1) is 17.1. The summed E-state index contributed by atoms with van der Waals surface area (Å²) in [6, 6.07) is 15.0. The number of anilines is 3. The molecule has 3 aromatic rings. The first-order valence-electron chi connectivity index (χ1n) is 7.08. The maximum Gasteiger partial charge on any atom is 0.263 e. The van der Waals surface area contributed by atoms with Gasteiger partial charge in [-0.25, -0.2) is 12.8 Å². The molecule has 0 saturated heterocycles. The van der Waals surface area contributed by atoms with Gasteiger partial charge in [0, 0.05) is 5.69 Å². The quantitative estimate of drug-likeness (QED) is 0.705. The van der Waals surface area contributed by atoms with Gasteiger partial charge in [-0.15, -0.1) is 10.2 Å². The number of sulfonamides is 1. The van der Waals surface area contributed by atoms with Gasteiger partial charge < -0.3 is 5.32 Å². The lowest BCUT2D eigenvalue weighted by Crippen LogP contribution is -2.14. The van der Waals surface area contributed by atoms with E-state index < -0.39 is 15.8 Å². The molecule has 0 bridgehead atoms. The Balaban J connectivity index is 1.73. The van der Waals surface area contributed by atoms with Crippen molar-refractivity contribution in [1.29, 1.82) is 0 Å². The molecule has 128 valence electrons. The summed E-state index contributed by atoms with van der Waals surface area (Å²) in [5.41, 5.74) is 0.526. The predicted octanol–water partition coefficient (Wildman–Crippen LogP) is 3.81. The Bertz CT molecular complexity index is 983. The molecule has 0 aliphatic heterocycles. The van der Waals surface area contributed by atoms with Crippen molar-refractivity contribution in [1.82, 2.24) is 10.2 Å². The van der Waals surface area contributed by atoms with Gasteiger partial charge in [-0.2, -0.15) is 0 Å². The average molecular weight is 379 g/mol. The lowest BCUT2D eigenvalue weighted by Gasteiger charge is -2.08. The highest BCUT2D eigenvalue weighted by atomic mass is 35.5. The molecule has 0 aliphatic carbocycles. The highest BCUT2D eigenvalue weighted by molar-refractivity contribution is 7.92. The smallest absolute Gasteiger partial charge is 0.263 e. The Morgan fingerprint density at radius 1 is 0.920 bits per heavy atom. The molecule has 9 heteroatoms. The molecule has 1 aromatic heterocycles. The summed E-state index contributed by atoms with van der Waals surface area (Å²) in [5, 5.41) is 10.6. The SMILES string of the molecule is O=S(=O)(Nc1ccc(Nc2ccc(F)c(Cl)c2)nn1)c1ccccc1. The van der Waals surface area contributed by atoms with E-state index >= 15 is 0 Å². The second-order valence-electron chi connectivity index (χ2n) is 4.98. The Morgan fingerprint density at radius 3 is 2.24 bits per heavy atom. The molecule has 0 saturated carbocycles. The first-order chi connectivity index (χ1) is 11.9. The minimum Gasteiger partial charge on any atom is -0.339 e. The van der Waals surface area contributed by atoms with E-state index in [1.807, 2.05) is 0 Å². The van der Waals surface area contributed by atoms with Crippen molar-refractivity contribution in [2.75, 3.05) is 10.0 Å². The van der Waals surface area contributed by atoms with Gasteiger partial charge in [-0.1, -0.05) is 29.8 Å². The molecular weight excluding hydrogens is 367 g/mol. The third kappa shape index (κ3) is 4.23. The van der Waals surface area contributed by atoms with Crippen LogP contribution in [0.4, 0.5) is 21.7 Å². The van der Waals surface area contributed by atoms with Crippen LogP contribution < -0.4 is 10.0 Å². The van der Waals surface area contributed by atoms with Crippen molar-refractivity contribution in [2.45, 2.75) is 4.90 Å². The molecule has 0 radical (unpaired) electrons. The topological polar surface area (TPSA) is 84.0 Å². The lowest BCUT2D eigenvalue weighted by atomic mass is 10.3. The van der Waals surface area contributed by atoms with Crippen molar-refractivity contribution in [3.05, 3.63) is 71.5 Å². The van der Waals surface area contributed by atoms with E-state index in [4.69, 9.17) is 11.6 Å². The monoisotopic (exact) mass is 378 g/mol. The van der Waals surface area contributed by atoms with E-state index in [0.717, 1.165) is 0 Å². The average Bonchev–Trinajstić information content (AvgIpc) is 2.60. The molecule has 0 unspecified atom stereocenters. The van der Waals surface area contributed by atoms with Gasteiger partial charge in [-0.3, -0.25) is 4.72 Å². The summed E-state index contributed by atoms with van der Waals surface area (Å²) >= 11 is 5.71. The van der Waals surface area contributed by atoms with E-state index in [0.29, 0.717) is 11.5 Å². The number of hydrogen-bond donors (Lipinski definition) is 2. The van der Waals surface area contributed by atoms with Crippen LogP contribution in [0, 0.1) is 5.82 Å².